The Kier molecular flexibility index (Phi) is 3.84. The second-order valence-electron chi connectivity index (χ2n) is 6.61. The van der Waals surface area contributed by atoms with E-state index in [1.54, 1.807) is 0 Å². The standard InChI is InChI=1S/C16H17ClFN3OS/c1-23-16-19-12(9-5-7-2-3-8(4-7)6-9)10-13(20-16)11(18)14(17)21-15(10)22/h7-9H,2-6H2,1H3,(H,21,22). The van der Waals surface area contributed by atoms with Gasteiger partial charge in [0.05, 0.1) is 11.1 Å². The van der Waals surface area contributed by atoms with Crippen LogP contribution in [0.25, 0.3) is 10.9 Å². The number of pyridine rings is 1. The van der Waals surface area contributed by atoms with Crippen LogP contribution < -0.4 is 5.56 Å². The fraction of sp³-hybridized carbons (Fsp3) is 0.562. The zero-order valence-corrected chi connectivity index (χ0v) is 14.3. The van der Waals surface area contributed by atoms with Crippen LogP contribution in [-0.2, 0) is 0 Å². The summed E-state index contributed by atoms with van der Waals surface area (Å²) in [6.07, 6.45) is 7.71. The zero-order chi connectivity index (χ0) is 16.1. The van der Waals surface area contributed by atoms with Crippen LogP contribution in [0.4, 0.5) is 4.39 Å². The van der Waals surface area contributed by atoms with Gasteiger partial charge in [-0.2, -0.15) is 0 Å². The predicted octanol–water partition coefficient (Wildman–Crippen LogP) is 4.13. The average molecular weight is 354 g/mol. The van der Waals surface area contributed by atoms with Crippen molar-refractivity contribution >= 4 is 34.3 Å². The summed E-state index contributed by atoms with van der Waals surface area (Å²) < 4.78 is 14.4. The maximum atomic E-state index is 14.4. The molecule has 0 radical (unpaired) electrons. The quantitative estimate of drug-likeness (QED) is 0.501. The van der Waals surface area contributed by atoms with Gasteiger partial charge in [-0.25, -0.2) is 14.4 Å². The highest BCUT2D eigenvalue weighted by Gasteiger charge is 2.36. The van der Waals surface area contributed by atoms with E-state index in [9.17, 15) is 9.18 Å². The number of hydrogen-bond donors (Lipinski definition) is 1. The Morgan fingerprint density at radius 3 is 2.57 bits per heavy atom. The van der Waals surface area contributed by atoms with Crippen molar-refractivity contribution < 1.29 is 4.39 Å². The van der Waals surface area contributed by atoms with Crippen LogP contribution in [0.15, 0.2) is 9.95 Å². The van der Waals surface area contributed by atoms with Gasteiger partial charge >= 0.3 is 0 Å². The molecule has 2 atom stereocenters. The third kappa shape index (κ3) is 2.56. The van der Waals surface area contributed by atoms with Crippen molar-refractivity contribution in [1.82, 2.24) is 15.0 Å². The van der Waals surface area contributed by atoms with Crippen LogP contribution in [0.2, 0.25) is 5.15 Å². The number of aromatic nitrogens is 3. The molecule has 1 N–H and O–H groups in total. The first kappa shape index (κ1) is 15.4. The van der Waals surface area contributed by atoms with Crippen molar-refractivity contribution in [3.63, 3.8) is 0 Å². The van der Waals surface area contributed by atoms with Crippen molar-refractivity contribution in [2.24, 2.45) is 11.8 Å². The number of halogens is 2. The highest BCUT2D eigenvalue weighted by Crippen LogP contribution is 2.48. The van der Waals surface area contributed by atoms with Gasteiger partial charge in [0, 0.05) is 5.92 Å². The summed E-state index contributed by atoms with van der Waals surface area (Å²) in [5, 5.41) is 0.477. The molecule has 0 spiro atoms. The summed E-state index contributed by atoms with van der Waals surface area (Å²) in [4.78, 5) is 23.6. The summed E-state index contributed by atoms with van der Waals surface area (Å²) in [7, 11) is 0. The first-order valence-corrected chi connectivity index (χ1v) is 9.50. The van der Waals surface area contributed by atoms with E-state index in [1.165, 1.54) is 31.0 Å². The van der Waals surface area contributed by atoms with E-state index in [0.29, 0.717) is 22.7 Å². The second kappa shape index (κ2) is 5.74. The molecule has 4 nitrogen and oxygen atoms in total. The van der Waals surface area contributed by atoms with E-state index in [2.05, 4.69) is 15.0 Å². The molecule has 0 amide bonds. The number of rotatable bonds is 2. The summed E-state index contributed by atoms with van der Waals surface area (Å²) in [6.45, 7) is 0. The number of nitrogens with one attached hydrogen (secondary N) is 1. The molecular weight excluding hydrogens is 337 g/mol. The lowest BCUT2D eigenvalue weighted by molar-refractivity contribution is 0.316. The minimum absolute atomic E-state index is 0.0472. The summed E-state index contributed by atoms with van der Waals surface area (Å²) in [5.74, 6) is 0.953. The van der Waals surface area contributed by atoms with Gasteiger partial charge in [0.15, 0.2) is 11.0 Å². The van der Waals surface area contributed by atoms with Gasteiger partial charge in [-0.05, 0) is 37.4 Å². The van der Waals surface area contributed by atoms with E-state index in [4.69, 9.17) is 11.6 Å². The molecule has 2 aliphatic rings. The Morgan fingerprint density at radius 2 is 1.91 bits per heavy atom. The molecule has 2 saturated carbocycles. The molecular formula is C16H17ClFN3OS. The van der Waals surface area contributed by atoms with Gasteiger partial charge in [-0.15, -0.1) is 0 Å². The van der Waals surface area contributed by atoms with Crippen molar-refractivity contribution in [3.05, 3.63) is 27.0 Å². The number of aromatic amines is 1. The SMILES string of the molecule is CSc1nc(C2CC3CCC(C3)C2)c2c(=O)[nH]c(Cl)c(F)c2n1. The molecule has 2 aliphatic carbocycles. The van der Waals surface area contributed by atoms with Gasteiger partial charge in [0.25, 0.3) is 5.56 Å². The van der Waals surface area contributed by atoms with E-state index in [0.717, 1.165) is 12.8 Å². The minimum Gasteiger partial charge on any atom is -0.310 e. The third-order valence-corrected chi connectivity index (χ3v) is 6.03. The average Bonchev–Trinajstić information content (AvgIpc) is 2.89. The van der Waals surface area contributed by atoms with Crippen LogP contribution in [0.5, 0.6) is 0 Å². The number of nitrogens with zero attached hydrogens (tertiary/aromatic N) is 2. The predicted molar refractivity (Wildman–Crippen MR) is 89.7 cm³/mol. The maximum absolute atomic E-state index is 14.4. The van der Waals surface area contributed by atoms with E-state index in [1.807, 2.05) is 6.26 Å². The molecule has 23 heavy (non-hydrogen) atoms. The van der Waals surface area contributed by atoms with Gasteiger partial charge in [-0.3, -0.25) is 4.79 Å². The molecule has 2 heterocycles. The minimum atomic E-state index is -0.668. The first-order chi connectivity index (χ1) is 11.1. The lowest BCUT2D eigenvalue weighted by Crippen LogP contribution is -2.20. The molecule has 2 aromatic heterocycles. The molecule has 4 rings (SSSR count). The smallest absolute Gasteiger partial charge is 0.260 e. The third-order valence-electron chi connectivity index (χ3n) is 5.22. The Labute approximate surface area is 142 Å². The van der Waals surface area contributed by atoms with E-state index < -0.39 is 11.4 Å². The van der Waals surface area contributed by atoms with Crippen molar-refractivity contribution in [2.75, 3.05) is 6.26 Å². The summed E-state index contributed by atoms with van der Waals surface area (Å²) in [5.41, 5.74) is 0.353. The number of thioether (sulfide) groups is 1. The van der Waals surface area contributed by atoms with Gasteiger partial charge in [0.2, 0.25) is 0 Å². The van der Waals surface area contributed by atoms with Crippen molar-refractivity contribution in [1.29, 1.82) is 0 Å². The van der Waals surface area contributed by atoms with Crippen LogP contribution >= 0.6 is 23.4 Å². The molecule has 2 aromatic rings. The van der Waals surface area contributed by atoms with Crippen LogP contribution in [-0.4, -0.2) is 21.2 Å². The lowest BCUT2D eigenvalue weighted by atomic mass is 9.78. The molecule has 0 aliphatic heterocycles. The van der Waals surface area contributed by atoms with E-state index >= 15 is 0 Å². The maximum Gasteiger partial charge on any atom is 0.260 e. The van der Waals surface area contributed by atoms with Gasteiger partial charge in [0.1, 0.15) is 10.7 Å². The van der Waals surface area contributed by atoms with Crippen molar-refractivity contribution in [3.8, 4) is 0 Å². The fourth-order valence-corrected chi connectivity index (χ4v) is 4.83. The van der Waals surface area contributed by atoms with Crippen molar-refractivity contribution in [2.45, 2.75) is 43.2 Å². The lowest BCUT2D eigenvalue weighted by Gasteiger charge is -2.28. The fourth-order valence-electron chi connectivity index (χ4n) is 4.28. The molecule has 2 fully saturated rings. The Bertz CT molecular complexity index is 828. The number of hydrogen-bond acceptors (Lipinski definition) is 4. The monoisotopic (exact) mass is 353 g/mol. The number of fused-ring (bicyclic) bond motifs is 3. The second-order valence-corrected chi connectivity index (χ2v) is 7.77. The van der Waals surface area contributed by atoms with Crippen LogP contribution in [0, 0.1) is 17.7 Å². The normalized spacial score (nSPS) is 26.8. The zero-order valence-electron chi connectivity index (χ0n) is 12.7. The molecule has 0 aromatic carbocycles. The van der Waals surface area contributed by atoms with Gasteiger partial charge in [-0.1, -0.05) is 36.2 Å². The van der Waals surface area contributed by atoms with Crippen LogP contribution in [0.3, 0.4) is 0 Å². The Morgan fingerprint density at radius 1 is 1.22 bits per heavy atom. The molecule has 122 valence electrons. The van der Waals surface area contributed by atoms with Gasteiger partial charge < -0.3 is 4.98 Å². The highest BCUT2D eigenvalue weighted by atomic mass is 35.5. The first-order valence-electron chi connectivity index (χ1n) is 7.89. The molecule has 2 unspecified atom stereocenters. The highest BCUT2D eigenvalue weighted by molar-refractivity contribution is 7.98. The molecule has 0 saturated heterocycles. The molecule has 7 heteroatoms. The van der Waals surface area contributed by atoms with Crippen LogP contribution in [0.1, 0.15) is 43.7 Å². The largest absolute Gasteiger partial charge is 0.310 e. The summed E-state index contributed by atoms with van der Waals surface area (Å²) >= 11 is 7.14. The Hall–Kier alpha value is -1.14. The Balaban J connectivity index is 1.94. The molecule has 2 bridgehead atoms. The topological polar surface area (TPSA) is 58.6 Å². The number of H-pyrrole nitrogens is 1. The van der Waals surface area contributed by atoms with E-state index in [-0.39, 0.29) is 22.0 Å². The summed E-state index contributed by atoms with van der Waals surface area (Å²) in [6, 6.07) is 0.